The topological polar surface area (TPSA) is 84.5 Å². The number of halogens is 1. The van der Waals surface area contributed by atoms with E-state index in [9.17, 15) is 18.8 Å². The van der Waals surface area contributed by atoms with E-state index in [0.717, 1.165) is 17.3 Å². The van der Waals surface area contributed by atoms with E-state index in [2.05, 4.69) is 10.6 Å². The van der Waals surface area contributed by atoms with E-state index in [-0.39, 0.29) is 24.3 Å². The minimum atomic E-state index is -0.617. The van der Waals surface area contributed by atoms with Crippen molar-refractivity contribution in [1.82, 2.24) is 5.32 Å². The third kappa shape index (κ3) is 7.95. The van der Waals surface area contributed by atoms with Gasteiger partial charge in [-0.3, -0.25) is 14.4 Å². The molecule has 0 unspecified atom stereocenters. The van der Waals surface area contributed by atoms with Gasteiger partial charge in [0.15, 0.2) is 6.61 Å². The molecule has 0 aliphatic carbocycles. The molecule has 0 fully saturated rings. The lowest BCUT2D eigenvalue weighted by Gasteiger charge is -2.15. The van der Waals surface area contributed by atoms with Crippen LogP contribution in [-0.4, -0.2) is 35.4 Å². The van der Waals surface area contributed by atoms with E-state index < -0.39 is 22.9 Å². The van der Waals surface area contributed by atoms with Crippen LogP contribution in [0.2, 0.25) is 0 Å². The summed E-state index contributed by atoms with van der Waals surface area (Å²) in [5.41, 5.74) is 1.42. The number of carbonyl (C=O) groups is 3. The number of hydrogen-bond donors (Lipinski definition) is 2. The van der Waals surface area contributed by atoms with E-state index in [1.807, 2.05) is 37.3 Å². The molecule has 0 aromatic heterocycles. The zero-order valence-corrected chi connectivity index (χ0v) is 17.0. The van der Waals surface area contributed by atoms with E-state index >= 15 is 0 Å². The third-order valence-corrected chi connectivity index (χ3v) is 5.07. The van der Waals surface area contributed by atoms with Crippen molar-refractivity contribution in [1.29, 1.82) is 0 Å². The second-order valence-corrected chi connectivity index (χ2v) is 7.65. The lowest BCUT2D eigenvalue weighted by atomic mass is 10.1. The van der Waals surface area contributed by atoms with Crippen LogP contribution in [0.4, 0.5) is 10.1 Å². The lowest BCUT2D eigenvalue weighted by Crippen LogP contribution is -2.32. The third-order valence-electron chi connectivity index (χ3n) is 3.95. The summed E-state index contributed by atoms with van der Waals surface area (Å²) < 4.78 is 17.9. The fourth-order valence-electron chi connectivity index (χ4n) is 2.36. The fraction of sp³-hybridized carbons (Fsp3) is 0.286. The predicted molar refractivity (Wildman–Crippen MR) is 111 cm³/mol. The molecule has 0 radical (unpaired) electrons. The van der Waals surface area contributed by atoms with Gasteiger partial charge < -0.3 is 15.4 Å². The highest BCUT2D eigenvalue weighted by atomic mass is 32.2. The van der Waals surface area contributed by atoms with Gasteiger partial charge in [0.1, 0.15) is 11.1 Å². The molecular formula is C21H23FN2O4S. The summed E-state index contributed by atoms with van der Waals surface area (Å²) in [5, 5.41) is 4.75. The van der Waals surface area contributed by atoms with Gasteiger partial charge in [0.25, 0.3) is 5.91 Å². The first kappa shape index (κ1) is 22.4. The molecule has 0 bridgehead atoms. The number of thioether (sulfide) groups is 1. The molecule has 0 heterocycles. The number of esters is 1. The van der Waals surface area contributed by atoms with Gasteiger partial charge in [-0.15, -0.1) is 11.8 Å². The Morgan fingerprint density at radius 1 is 1.00 bits per heavy atom. The summed E-state index contributed by atoms with van der Waals surface area (Å²) in [5.74, 6) is -1.68. The molecular weight excluding hydrogens is 395 g/mol. The Hall–Kier alpha value is -2.87. The minimum Gasteiger partial charge on any atom is -0.455 e. The van der Waals surface area contributed by atoms with Gasteiger partial charge >= 0.3 is 5.97 Å². The molecule has 0 saturated carbocycles. The van der Waals surface area contributed by atoms with Gasteiger partial charge in [-0.1, -0.05) is 30.3 Å². The van der Waals surface area contributed by atoms with Crippen molar-refractivity contribution >= 4 is 35.2 Å². The number of rotatable bonds is 9. The molecule has 8 heteroatoms. The normalized spacial score (nSPS) is 12.5. The van der Waals surface area contributed by atoms with Crippen LogP contribution < -0.4 is 10.6 Å². The van der Waals surface area contributed by atoms with E-state index in [0.29, 0.717) is 5.69 Å². The van der Waals surface area contributed by atoms with E-state index in [4.69, 9.17) is 4.74 Å². The molecule has 2 rings (SSSR count). The van der Waals surface area contributed by atoms with Crippen LogP contribution in [0.3, 0.4) is 0 Å². The first-order chi connectivity index (χ1) is 13.8. The van der Waals surface area contributed by atoms with Crippen LogP contribution in [0.15, 0.2) is 54.6 Å². The summed E-state index contributed by atoms with van der Waals surface area (Å²) in [6.07, 6.45) is 0. The zero-order chi connectivity index (χ0) is 21.2. The van der Waals surface area contributed by atoms with Crippen LogP contribution >= 0.6 is 11.8 Å². The number of ether oxygens (including phenoxy) is 1. The first-order valence-corrected chi connectivity index (χ1v) is 10.1. The maximum absolute atomic E-state index is 12.9. The summed E-state index contributed by atoms with van der Waals surface area (Å²) in [7, 11) is 0. The highest BCUT2D eigenvalue weighted by Gasteiger charge is 2.19. The summed E-state index contributed by atoms with van der Waals surface area (Å²) >= 11 is 1.09. The average Bonchev–Trinajstić information content (AvgIpc) is 2.72. The van der Waals surface area contributed by atoms with Gasteiger partial charge in [0.05, 0.1) is 11.8 Å². The fourth-order valence-corrected chi connectivity index (χ4v) is 3.04. The van der Waals surface area contributed by atoms with Gasteiger partial charge in [0, 0.05) is 5.69 Å². The Morgan fingerprint density at radius 2 is 1.66 bits per heavy atom. The summed E-state index contributed by atoms with van der Waals surface area (Å²) in [6, 6.07) is 14.6. The minimum absolute atomic E-state index is 0.0187. The van der Waals surface area contributed by atoms with Crippen molar-refractivity contribution in [2.45, 2.75) is 25.1 Å². The van der Waals surface area contributed by atoms with Crippen LogP contribution in [0.25, 0.3) is 0 Å². The second-order valence-electron chi connectivity index (χ2n) is 6.32. The predicted octanol–water partition coefficient (Wildman–Crippen LogP) is 3.31. The van der Waals surface area contributed by atoms with Crippen LogP contribution in [-0.2, 0) is 19.1 Å². The van der Waals surface area contributed by atoms with E-state index in [1.54, 1.807) is 6.92 Å². The molecule has 0 aliphatic heterocycles. The Bertz CT molecular complexity index is 830. The molecule has 6 nitrogen and oxygen atoms in total. The highest BCUT2D eigenvalue weighted by Crippen LogP contribution is 2.14. The average molecular weight is 418 g/mol. The Labute approximate surface area is 173 Å². The van der Waals surface area contributed by atoms with Crippen molar-refractivity contribution in [3.05, 3.63) is 66.0 Å². The molecule has 2 aromatic rings. The molecule has 0 aliphatic rings. The molecule has 2 amide bonds. The second kappa shape index (κ2) is 11.2. The molecule has 2 N–H and O–H groups in total. The number of benzene rings is 2. The number of nitrogens with one attached hydrogen (secondary N) is 2. The van der Waals surface area contributed by atoms with Crippen LogP contribution in [0.1, 0.15) is 25.5 Å². The van der Waals surface area contributed by atoms with Gasteiger partial charge in [-0.25, -0.2) is 4.39 Å². The van der Waals surface area contributed by atoms with Gasteiger partial charge in [0.2, 0.25) is 5.91 Å². The van der Waals surface area contributed by atoms with Crippen molar-refractivity contribution in [3.63, 3.8) is 0 Å². The number of carbonyl (C=O) groups excluding carboxylic acids is 3. The smallest absolute Gasteiger partial charge is 0.319 e. The lowest BCUT2D eigenvalue weighted by molar-refractivity contribution is -0.147. The highest BCUT2D eigenvalue weighted by molar-refractivity contribution is 8.01. The molecule has 29 heavy (non-hydrogen) atoms. The van der Waals surface area contributed by atoms with Gasteiger partial charge in [-0.2, -0.15) is 0 Å². The Balaban J connectivity index is 1.68. The van der Waals surface area contributed by atoms with Crippen molar-refractivity contribution in [2.24, 2.45) is 0 Å². The molecule has 0 spiro atoms. The first-order valence-electron chi connectivity index (χ1n) is 9.03. The SMILES string of the molecule is C[C@H](SCC(=O)Nc1ccc(F)cc1)C(=O)OCC(=O)N[C@H](C)c1ccccc1. The Morgan fingerprint density at radius 3 is 2.31 bits per heavy atom. The molecule has 2 aromatic carbocycles. The van der Waals surface area contributed by atoms with E-state index in [1.165, 1.54) is 24.3 Å². The zero-order valence-electron chi connectivity index (χ0n) is 16.2. The summed E-state index contributed by atoms with van der Waals surface area (Å²) in [4.78, 5) is 35.9. The molecule has 2 atom stereocenters. The van der Waals surface area contributed by atoms with Crippen LogP contribution in [0.5, 0.6) is 0 Å². The molecule has 154 valence electrons. The van der Waals surface area contributed by atoms with Crippen molar-refractivity contribution in [3.8, 4) is 0 Å². The quantitative estimate of drug-likeness (QED) is 0.611. The molecule has 0 saturated heterocycles. The number of anilines is 1. The van der Waals surface area contributed by atoms with Crippen molar-refractivity contribution in [2.75, 3.05) is 17.7 Å². The standard InChI is InChI=1S/C21H23FN2O4S/c1-14(16-6-4-3-5-7-16)23-19(25)12-28-21(27)15(2)29-13-20(26)24-18-10-8-17(22)9-11-18/h3-11,14-15H,12-13H2,1-2H3,(H,23,25)(H,24,26)/t14-,15+/m1/s1. The van der Waals surface area contributed by atoms with Gasteiger partial charge in [-0.05, 0) is 43.7 Å². The maximum atomic E-state index is 12.9. The summed E-state index contributed by atoms with van der Waals surface area (Å²) in [6.45, 7) is 3.05. The number of hydrogen-bond acceptors (Lipinski definition) is 5. The Kier molecular flexibility index (Phi) is 8.67. The number of amides is 2. The van der Waals surface area contributed by atoms with Crippen molar-refractivity contribution < 1.29 is 23.5 Å². The van der Waals surface area contributed by atoms with Crippen LogP contribution in [0, 0.1) is 5.82 Å². The monoisotopic (exact) mass is 418 g/mol. The largest absolute Gasteiger partial charge is 0.455 e. The maximum Gasteiger partial charge on any atom is 0.319 e.